The van der Waals surface area contributed by atoms with Crippen LogP contribution in [0.5, 0.6) is 0 Å². The van der Waals surface area contributed by atoms with Crippen LogP contribution < -0.4 is 11.2 Å². The van der Waals surface area contributed by atoms with Crippen LogP contribution in [0.1, 0.15) is 12.6 Å². The SMILES string of the molecule is CCl.O=c1ccn(C2OC(CO)CC2F)c(=O)[nH]1. The Kier molecular flexibility index (Phi) is 5.52. The van der Waals surface area contributed by atoms with Crippen LogP contribution in [0, 0.1) is 0 Å². The molecule has 102 valence electrons. The third-order valence-electron chi connectivity index (χ3n) is 2.46. The molecule has 1 aromatic rings. The predicted octanol–water partition coefficient (Wildman–Crippen LogP) is 0.00950. The van der Waals surface area contributed by atoms with Gasteiger partial charge in [0.1, 0.15) is 6.17 Å². The zero-order chi connectivity index (χ0) is 13.7. The van der Waals surface area contributed by atoms with E-state index in [9.17, 15) is 14.0 Å². The number of nitrogens with one attached hydrogen (secondary N) is 1. The van der Waals surface area contributed by atoms with Crippen molar-refractivity contribution in [3.05, 3.63) is 33.1 Å². The molecule has 3 atom stereocenters. The molecule has 3 unspecified atom stereocenters. The topological polar surface area (TPSA) is 84.3 Å². The summed E-state index contributed by atoms with van der Waals surface area (Å²) >= 11 is 4.64. The van der Waals surface area contributed by atoms with E-state index in [1.165, 1.54) is 12.6 Å². The Balaban J connectivity index is 0.000000771. The number of rotatable bonds is 2. The fraction of sp³-hybridized carbons (Fsp3) is 0.600. The molecule has 2 heterocycles. The first-order valence-electron chi connectivity index (χ1n) is 5.21. The summed E-state index contributed by atoms with van der Waals surface area (Å²) < 4.78 is 19.6. The average Bonchev–Trinajstić information content (AvgIpc) is 2.73. The zero-order valence-electron chi connectivity index (χ0n) is 9.68. The molecule has 0 aromatic carbocycles. The molecule has 1 aromatic heterocycles. The Morgan fingerprint density at radius 1 is 1.61 bits per heavy atom. The number of aromatic nitrogens is 2. The second-order valence-corrected chi connectivity index (χ2v) is 3.60. The first-order chi connectivity index (χ1) is 8.61. The fourth-order valence-corrected chi connectivity index (χ4v) is 1.69. The number of hydrogen-bond donors (Lipinski definition) is 2. The molecule has 0 amide bonds. The second-order valence-electron chi connectivity index (χ2n) is 3.60. The lowest BCUT2D eigenvalue weighted by molar-refractivity contribution is -0.0394. The van der Waals surface area contributed by atoms with E-state index in [0.717, 1.165) is 10.6 Å². The first kappa shape index (κ1) is 14.9. The monoisotopic (exact) mass is 280 g/mol. The van der Waals surface area contributed by atoms with Gasteiger partial charge in [0.15, 0.2) is 6.23 Å². The van der Waals surface area contributed by atoms with E-state index in [0.29, 0.717) is 0 Å². The number of aliphatic hydroxyl groups excluding tert-OH is 1. The molecular weight excluding hydrogens is 267 g/mol. The van der Waals surface area contributed by atoms with Crippen LogP contribution in [-0.2, 0) is 4.74 Å². The molecule has 6 nitrogen and oxygen atoms in total. The standard InChI is InChI=1S/C9H11FN2O4.CH3Cl/c10-6-3-5(4-13)16-8(6)12-2-1-7(14)11-9(12)15;1-2/h1-2,5-6,8,13H,3-4H2,(H,11,14,15);1H3. The van der Waals surface area contributed by atoms with Crippen molar-refractivity contribution in [3.63, 3.8) is 0 Å². The van der Waals surface area contributed by atoms with Crippen LogP contribution in [0.4, 0.5) is 4.39 Å². The maximum absolute atomic E-state index is 13.5. The van der Waals surface area contributed by atoms with Gasteiger partial charge in [-0.15, -0.1) is 11.6 Å². The molecule has 0 bridgehead atoms. The molecule has 1 saturated heterocycles. The van der Waals surface area contributed by atoms with Crippen molar-refractivity contribution in [1.29, 1.82) is 0 Å². The molecule has 2 rings (SSSR count). The quantitative estimate of drug-likeness (QED) is 0.748. The van der Waals surface area contributed by atoms with Crippen molar-refractivity contribution in [3.8, 4) is 0 Å². The summed E-state index contributed by atoms with van der Waals surface area (Å²) in [7, 11) is 0. The minimum absolute atomic E-state index is 0.0345. The predicted molar refractivity (Wildman–Crippen MR) is 63.6 cm³/mol. The minimum atomic E-state index is -1.37. The minimum Gasteiger partial charge on any atom is -0.394 e. The second kappa shape index (κ2) is 6.67. The highest BCUT2D eigenvalue weighted by molar-refractivity contribution is 6.15. The number of aromatic amines is 1. The molecule has 0 aliphatic carbocycles. The molecule has 1 fully saturated rings. The van der Waals surface area contributed by atoms with Gasteiger partial charge in [-0.1, -0.05) is 0 Å². The number of nitrogens with zero attached hydrogens (tertiary/aromatic N) is 1. The number of alkyl halides is 2. The van der Waals surface area contributed by atoms with Gasteiger partial charge in [0.25, 0.3) is 5.56 Å². The van der Waals surface area contributed by atoms with E-state index in [1.54, 1.807) is 0 Å². The summed E-state index contributed by atoms with van der Waals surface area (Å²) in [5, 5.41) is 8.83. The lowest BCUT2D eigenvalue weighted by Crippen LogP contribution is -2.34. The first-order valence-corrected chi connectivity index (χ1v) is 5.97. The number of halogens is 2. The van der Waals surface area contributed by atoms with Gasteiger partial charge in [-0.3, -0.25) is 14.3 Å². The molecule has 2 N–H and O–H groups in total. The van der Waals surface area contributed by atoms with Gasteiger partial charge in [-0.25, -0.2) is 9.18 Å². The van der Waals surface area contributed by atoms with E-state index < -0.39 is 29.8 Å². The molecule has 8 heteroatoms. The third-order valence-corrected chi connectivity index (χ3v) is 2.46. The van der Waals surface area contributed by atoms with Crippen LogP contribution in [0.25, 0.3) is 0 Å². The van der Waals surface area contributed by atoms with Crippen molar-refractivity contribution in [2.45, 2.75) is 24.9 Å². The summed E-state index contributed by atoms with van der Waals surface area (Å²) in [5.41, 5.74) is -1.27. The number of aliphatic hydroxyl groups is 1. The van der Waals surface area contributed by atoms with Gasteiger partial charge in [-0.2, -0.15) is 0 Å². The van der Waals surface area contributed by atoms with E-state index in [2.05, 4.69) is 11.6 Å². The smallest absolute Gasteiger partial charge is 0.330 e. The summed E-state index contributed by atoms with van der Waals surface area (Å²) in [6.45, 7) is -0.297. The molecule has 0 spiro atoms. The Morgan fingerprint density at radius 3 is 2.78 bits per heavy atom. The molecule has 1 aliphatic heterocycles. The van der Waals surface area contributed by atoms with Gasteiger partial charge >= 0.3 is 5.69 Å². The molecule has 18 heavy (non-hydrogen) atoms. The molecule has 1 aliphatic rings. The van der Waals surface area contributed by atoms with Crippen LogP contribution in [0.3, 0.4) is 0 Å². The zero-order valence-corrected chi connectivity index (χ0v) is 10.4. The Hall–Kier alpha value is -1.18. The lowest BCUT2D eigenvalue weighted by atomic mass is 10.2. The third kappa shape index (κ3) is 3.18. The number of ether oxygens (including phenoxy) is 1. The largest absolute Gasteiger partial charge is 0.394 e. The highest BCUT2D eigenvalue weighted by atomic mass is 35.5. The number of hydrogen-bond acceptors (Lipinski definition) is 4. The van der Waals surface area contributed by atoms with Crippen LogP contribution >= 0.6 is 11.6 Å². The number of H-pyrrole nitrogens is 1. The molecule has 0 saturated carbocycles. The van der Waals surface area contributed by atoms with Crippen molar-refractivity contribution in [2.24, 2.45) is 0 Å². The summed E-state index contributed by atoms with van der Waals surface area (Å²) in [6, 6.07) is 1.11. The van der Waals surface area contributed by atoms with E-state index >= 15 is 0 Å². The summed E-state index contributed by atoms with van der Waals surface area (Å²) in [5.74, 6) is 0. The highest BCUT2D eigenvalue weighted by Crippen LogP contribution is 2.29. The molecular formula is C10H14ClFN2O4. The van der Waals surface area contributed by atoms with E-state index in [1.807, 2.05) is 4.98 Å². The van der Waals surface area contributed by atoms with Crippen LogP contribution in [-0.4, -0.2) is 39.9 Å². The van der Waals surface area contributed by atoms with Crippen molar-refractivity contribution in [1.82, 2.24) is 9.55 Å². The van der Waals surface area contributed by atoms with Gasteiger partial charge in [-0.05, 0) is 0 Å². The van der Waals surface area contributed by atoms with Crippen molar-refractivity contribution < 1.29 is 14.2 Å². The maximum atomic E-state index is 13.5. The normalized spacial score (nSPS) is 26.6. The highest BCUT2D eigenvalue weighted by Gasteiger charge is 2.36. The van der Waals surface area contributed by atoms with Gasteiger partial charge in [0.2, 0.25) is 0 Å². The average molecular weight is 281 g/mol. The van der Waals surface area contributed by atoms with Crippen molar-refractivity contribution >= 4 is 11.6 Å². The van der Waals surface area contributed by atoms with Crippen LogP contribution in [0.2, 0.25) is 0 Å². The van der Waals surface area contributed by atoms with Gasteiger partial charge < -0.3 is 9.84 Å². The fourth-order valence-electron chi connectivity index (χ4n) is 1.69. The van der Waals surface area contributed by atoms with Gasteiger partial charge in [0.05, 0.1) is 12.7 Å². The van der Waals surface area contributed by atoms with Gasteiger partial charge in [0, 0.05) is 25.1 Å². The molecule has 0 radical (unpaired) electrons. The lowest BCUT2D eigenvalue weighted by Gasteiger charge is -2.15. The summed E-state index contributed by atoms with van der Waals surface area (Å²) in [4.78, 5) is 24.2. The van der Waals surface area contributed by atoms with Crippen LogP contribution in [0.15, 0.2) is 21.9 Å². The van der Waals surface area contributed by atoms with E-state index in [-0.39, 0.29) is 13.0 Å². The van der Waals surface area contributed by atoms with Crippen molar-refractivity contribution in [2.75, 3.05) is 13.0 Å². The Morgan fingerprint density at radius 2 is 2.28 bits per heavy atom. The van der Waals surface area contributed by atoms with E-state index in [4.69, 9.17) is 9.84 Å². The maximum Gasteiger partial charge on any atom is 0.330 e. The Labute approximate surface area is 107 Å². The Bertz CT molecular complexity index is 489. The summed E-state index contributed by atoms with van der Waals surface area (Å²) in [6.07, 6.45) is -0.383.